The topological polar surface area (TPSA) is 80.3 Å². The highest BCUT2D eigenvalue weighted by atomic mass is 127. The summed E-state index contributed by atoms with van der Waals surface area (Å²) in [7, 11) is 0. The van der Waals surface area contributed by atoms with E-state index in [4.69, 9.17) is 23.7 Å². The molecule has 0 saturated heterocycles. The van der Waals surface area contributed by atoms with Crippen LogP contribution in [0.5, 0.6) is 23.0 Å². The van der Waals surface area contributed by atoms with E-state index in [0.29, 0.717) is 23.0 Å². The highest BCUT2D eigenvalue weighted by Gasteiger charge is 2.33. The van der Waals surface area contributed by atoms with E-state index in [2.05, 4.69) is 0 Å². The zero-order chi connectivity index (χ0) is 22.1. The van der Waals surface area contributed by atoms with Gasteiger partial charge >= 0.3 is 33.5 Å². The molecule has 0 N–H and O–H groups in total. The summed E-state index contributed by atoms with van der Waals surface area (Å²) in [5.41, 5.74) is -1.28. The van der Waals surface area contributed by atoms with Crippen molar-refractivity contribution in [3.05, 3.63) is 43.5 Å². The first-order valence-electron chi connectivity index (χ1n) is 9.30. The van der Waals surface area contributed by atoms with Crippen molar-refractivity contribution < 1.29 is 54.5 Å². The average Bonchev–Trinajstić information content (AvgIpc) is 2.56. The third kappa shape index (κ3) is 6.25. The third-order valence-electron chi connectivity index (χ3n) is 3.41. The van der Waals surface area contributed by atoms with Crippen molar-refractivity contribution in [2.75, 3.05) is 0 Å². The van der Waals surface area contributed by atoms with Gasteiger partial charge in [-0.15, -0.1) is 0 Å². The molecule has 160 valence electrons. The number of halogens is 1. The van der Waals surface area contributed by atoms with Crippen LogP contribution in [0.25, 0.3) is 0 Å². The van der Waals surface area contributed by atoms with Crippen LogP contribution in [0.2, 0.25) is 0 Å². The van der Waals surface area contributed by atoms with Crippen molar-refractivity contribution >= 4 is 12.3 Å². The van der Waals surface area contributed by atoms with Crippen LogP contribution < -0.4 is 35.4 Å². The van der Waals surface area contributed by atoms with Crippen LogP contribution in [0.3, 0.4) is 0 Å². The Labute approximate surface area is 185 Å². The van der Waals surface area contributed by atoms with Crippen molar-refractivity contribution in [2.45, 2.75) is 52.7 Å². The molecule has 0 fully saturated rings. The summed E-state index contributed by atoms with van der Waals surface area (Å²) in [6, 6.07) is 10.5. The lowest BCUT2D eigenvalue weighted by molar-refractivity contribution is -0.602. The lowest BCUT2D eigenvalue weighted by atomic mass is 10.2. The lowest BCUT2D eigenvalue weighted by Gasteiger charge is -2.19. The second-order valence-electron chi connectivity index (χ2n) is 8.51. The van der Waals surface area contributed by atoms with Crippen LogP contribution >= 0.6 is 0 Å². The summed E-state index contributed by atoms with van der Waals surface area (Å²) in [6.07, 6.45) is -1.55. The van der Waals surface area contributed by atoms with Gasteiger partial charge in [-0.2, -0.15) is 0 Å². The maximum atomic E-state index is 11.9. The number of ether oxygens (including phenoxy) is 5. The van der Waals surface area contributed by atoms with E-state index in [0.717, 1.165) is 7.14 Å². The quantitative estimate of drug-likeness (QED) is 0.288. The van der Waals surface area contributed by atoms with Gasteiger partial charge in [-0.1, -0.05) is 0 Å². The molecule has 0 bridgehead atoms. The largest absolute Gasteiger partial charge is 0.514 e. The Morgan fingerprint density at radius 1 is 0.733 bits per heavy atom. The fourth-order valence-electron chi connectivity index (χ4n) is 2.37. The Morgan fingerprint density at radius 2 is 1.13 bits per heavy atom. The van der Waals surface area contributed by atoms with E-state index in [1.807, 2.05) is 12.1 Å². The summed E-state index contributed by atoms with van der Waals surface area (Å²) in [4.78, 5) is 23.8. The Morgan fingerprint density at radius 3 is 1.50 bits per heavy atom. The van der Waals surface area contributed by atoms with Gasteiger partial charge in [-0.3, -0.25) is 0 Å². The van der Waals surface area contributed by atoms with Crippen LogP contribution in [0, 0.1) is 7.14 Å². The monoisotopic (exact) mass is 527 g/mol. The summed E-state index contributed by atoms with van der Waals surface area (Å²) < 4.78 is 28.9. The zero-order valence-electron chi connectivity index (χ0n) is 17.7. The second-order valence-corrected chi connectivity index (χ2v) is 11.4. The summed E-state index contributed by atoms with van der Waals surface area (Å²) in [5.74, 6) is 1.87. The molecule has 2 aromatic rings. The van der Waals surface area contributed by atoms with E-state index < -0.39 is 44.7 Å². The highest BCUT2D eigenvalue weighted by molar-refractivity contribution is 5.65. The molecule has 0 unspecified atom stereocenters. The van der Waals surface area contributed by atoms with E-state index in [9.17, 15) is 9.59 Å². The van der Waals surface area contributed by atoms with Crippen LogP contribution in [0.1, 0.15) is 41.5 Å². The molecule has 0 saturated carbocycles. The van der Waals surface area contributed by atoms with E-state index in [-0.39, 0.29) is 0 Å². The first-order valence-corrected chi connectivity index (χ1v) is 11.5. The van der Waals surface area contributed by atoms with Crippen molar-refractivity contribution in [1.29, 1.82) is 0 Å². The normalized spacial score (nSPS) is 12.7. The molecule has 8 heteroatoms. The molecular weight excluding hydrogens is 503 g/mol. The molecular formula is C22H24IO7+. The van der Waals surface area contributed by atoms with Gasteiger partial charge < -0.3 is 23.7 Å². The zero-order valence-corrected chi connectivity index (χ0v) is 19.9. The predicted molar refractivity (Wildman–Crippen MR) is 104 cm³/mol. The summed E-state index contributed by atoms with van der Waals surface area (Å²) >= 11 is -0.506. The van der Waals surface area contributed by atoms with Crippen LogP contribution in [0.4, 0.5) is 9.59 Å². The molecule has 3 rings (SSSR count). The number of carbonyl (C=O) groups is 2. The molecule has 1 aliphatic rings. The van der Waals surface area contributed by atoms with Crippen molar-refractivity contribution in [3.8, 4) is 23.0 Å². The van der Waals surface area contributed by atoms with Gasteiger partial charge in [0.1, 0.15) is 22.7 Å². The minimum Gasteiger partial charge on any atom is -0.448 e. The van der Waals surface area contributed by atoms with E-state index in [1.54, 1.807) is 65.8 Å². The van der Waals surface area contributed by atoms with E-state index >= 15 is 0 Å². The predicted octanol–water partition coefficient (Wildman–Crippen LogP) is 2.55. The van der Waals surface area contributed by atoms with E-state index in [1.165, 1.54) is 0 Å². The molecule has 1 aliphatic heterocycles. The Balaban J connectivity index is 1.72. The standard InChI is InChI=1S/C22H24IO7/c1-21(2,3)29-19(24)26-13-7-9-15-17(11-13)28-18-12-14(8-10-16(18)23-15)27-20(25)30-22(4,5)6/h7-12H,1-6H3/q+1. The summed E-state index contributed by atoms with van der Waals surface area (Å²) in [6.45, 7) is 10.6. The molecule has 0 spiro atoms. The number of rotatable bonds is 2. The molecule has 2 aromatic carbocycles. The Bertz CT molecular complexity index is 893. The molecule has 0 aliphatic carbocycles. The maximum Gasteiger partial charge on any atom is 0.514 e. The Hall–Kier alpha value is -2.49. The van der Waals surface area contributed by atoms with Gasteiger partial charge in [0.2, 0.25) is 7.14 Å². The smallest absolute Gasteiger partial charge is 0.448 e. The average molecular weight is 527 g/mol. The number of benzene rings is 2. The molecule has 7 nitrogen and oxygen atoms in total. The first kappa shape index (κ1) is 22.2. The van der Waals surface area contributed by atoms with Crippen molar-refractivity contribution in [3.63, 3.8) is 0 Å². The fourth-order valence-corrected chi connectivity index (χ4v) is 4.78. The lowest BCUT2D eigenvalue weighted by Crippen LogP contribution is -3.61. The number of carbonyl (C=O) groups excluding carboxylic acids is 2. The van der Waals surface area contributed by atoms with Gasteiger partial charge in [0.15, 0.2) is 11.5 Å². The van der Waals surface area contributed by atoms with Crippen LogP contribution in [-0.4, -0.2) is 23.5 Å². The minimum absolute atomic E-state index is 0.330. The third-order valence-corrected chi connectivity index (χ3v) is 6.35. The van der Waals surface area contributed by atoms with Crippen molar-refractivity contribution in [1.82, 2.24) is 0 Å². The van der Waals surface area contributed by atoms with Gasteiger partial charge in [-0.05, 0) is 65.8 Å². The van der Waals surface area contributed by atoms with Crippen molar-refractivity contribution in [2.24, 2.45) is 0 Å². The van der Waals surface area contributed by atoms with Crippen LogP contribution in [0.15, 0.2) is 36.4 Å². The number of fused-ring (bicyclic) bond motifs is 2. The molecule has 0 atom stereocenters. The van der Waals surface area contributed by atoms with Gasteiger partial charge in [0.05, 0.1) is 0 Å². The summed E-state index contributed by atoms with van der Waals surface area (Å²) in [5, 5.41) is 0. The number of hydrogen-bond donors (Lipinski definition) is 0. The highest BCUT2D eigenvalue weighted by Crippen LogP contribution is 2.30. The minimum atomic E-state index is -0.776. The first-order chi connectivity index (χ1) is 13.9. The molecule has 0 aromatic heterocycles. The molecule has 1 heterocycles. The van der Waals surface area contributed by atoms with Gasteiger partial charge in [-0.25, -0.2) is 9.59 Å². The Kier molecular flexibility index (Phi) is 6.16. The molecule has 0 radical (unpaired) electrons. The van der Waals surface area contributed by atoms with Crippen LogP contribution in [-0.2, 0) is 9.47 Å². The fraction of sp³-hybridized carbons (Fsp3) is 0.364. The van der Waals surface area contributed by atoms with Gasteiger partial charge in [0.25, 0.3) is 0 Å². The SMILES string of the molecule is CC(C)(C)OC(=O)Oc1ccc2c(c1)Oc1cc(OC(=O)OC(C)(C)C)ccc1[I+]2. The maximum absolute atomic E-state index is 11.9. The molecule has 30 heavy (non-hydrogen) atoms. The second kappa shape index (κ2) is 8.33. The number of hydrogen-bond acceptors (Lipinski definition) is 7. The van der Waals surface area contributed by atoms with Gasteiger partial charge in [0, 0.05) is 12.1 Å². The molecule has 0 amide bonds.